The first-order valence-corrected chi connectivity index (χ1v) is 10.2. The number of hydrogen-bond donors (Lipinski definition) is 1. The Labute approximate surface area is 151 Å². The van der Waals surface area contributed by atoms with Gasteiger partial charge >= 0.3 is 5.97 Å². The Hall–Kier alpha value is -0.790. The number of allylic oxidation sites excluding steroid dienone is 2. The molecular formula is C22H42O2. The van der Waals surface area contributed by atoms with Crippen molar-refractivity contribution in [3.8, 4) is 0 Å². The topological polar surface area (TPSA) is 37.3 Å². The lowest BCUT2D eigenvalue weighted by Gasteiger charge is -2.27. The molecule has 0 saturated carbocycles. The summed E-state index contributed by atoms with van der Waals surface area (Å²) in [6.45, 7) is 9.42. The van der Waals surface area contributed by atoms with E-state index in [1.165, 1.54) is 64.2 Å². The van der Waals surface area contributed by atoms with Crippen LogP contribution in [-0.4, -0.2) is 11.1 Å². The predicted molar refractivity (Wildman–Crippen MR) is 105 cm³/mol. The highest BCUT2D eigenvalue weighted by molar-refractivity contribution is 5.66. The van der Waals surface area contributed by atoms with Gasteiger partial charge in [-0.25, -0.2) is 0 Å². The number of aliphatic carboxylic acids is 1. The van der Waals surface area contributed by atoms with Gasteiger partial charge in [0.15, 0.2) is 0 Å². The molecule has 24 heavy (non-hydrogen) atoms. The van der Waals surface area contributed by atoms with Gasteiger partial charge in [0, 0.05) is 6.42 Å². The molecule has 0 radical (unpaired) electrons. The van der Waals surface area contributed by atoms with Gasteiger partial charge in [-0.15, -0.1) is 0 Å². The minimum Gasteiger partial charge on any atom is -0.481 e. The normalized spacial score (nSPS) is 13.5. The van der Waals surface area contributed by atoms with E-state index in [2.05, 4.69) is 39.8 Å². The van der Waals surface area contributed by atoms with E-state index in [9.17, 15) is 4.79 Å². The van der Waals surface area contributed by atoms with Crippen LogP contribution < -0.4 is 0 Å². The summed E-state index contributed by atoms with van der Waals surface area (Å²) >= 11 is 0. The molecular weight excluding hydrogens is 296 g/mol. The van der Waals surface area contributed by atoms with Crippen molar-refractivity contribution in [2.75, 3.05) is 0 Å². The molecule has 0 aromatic rings. The predicted octanol–water partition coefficient (Wildman–Crippen LogP) is 7.38. The largest absolute Gasteiger partial charge is 0.481 e. The molecule has 0 saturated heterocycles. The Morgan fingerprint density at radius 1 is 0.833 bits per heavy atom. The Morgan fingerprint density at radius 2 is 1.29 bits per heavy atom. The number of unbranched alkanes of at least 4 members (excludes halogenated alkanes) is 9. The lowest BCUT2D eigenvalue weighted by atomic mass is 9.79. The zero-order chi connectivity index (χ0) is 18.3. The summed E-state index contributed by atoms with van der Waals surface area (Å²) in [6, 6.07) is 0. The molecule has 0 aromatic carbocycles. The summed E-state index contributed by atoms with van der Waals surface area (Å²) in [5, 5.41) is 8.55. The van der Waals surface area contributed by atoms with Crippen molar-refractivity contribution in [2.45, 2.75) is 111 Å². The van der Waals surface area contributed by atoms with Crippen molar-refractivity contribution < 1.29 is 9.90 Å². The molecule has 0 spiro atoms. The Kier molecular flexibility index (Phi) is 14.1. The van der Waals surface area contributed by atoms with E-state index in [0.717, 1.165) is 18.8 Å². The second kappa shape index (κ2) is 14.5. The first kappa shape index (κ1) is 23.2. The zero-order valence-corrected chi connectivity index (χ0v) is 16.8. The van der Waals surface area contributed by atoms with Crippen molar-refractivity contribution in [3.05, 3.63) is 12.2 Å². The van der Waals surface area contributed by atoms with Crippen LogP contribution in [0.1, 0.15) is 111 Å². The van der Waals surface area contributed by atoms with Gasteiger partial charge < -0.3 is 5.11 Å². The molecule has 0 aliphatic carbocycles. The summed E-state index contributed by atoms with van der Waals surface area (Å²) < 4.78 is 0. The van der Waals surface area contributed by atoms with E-state index in [0.29, 0.717) is 11.8 Å². The standard InChI is InChI=1S/C22H42O2/c1-20(22(2,3)4)18-16-14-12-10-8-6-5-7-9-11-13-15-17-19-21(23)24/h5-6,20H,7-19H2,1-4H3,(H,23,24)/b6-5-. The number of hydrogen-bond acceptors (Lipinski definition) is 1. The smallest absolute Gasteiger partial charge is 0.303 e. The maximum absolute atomic E-state index is 10.4. The van der Waals surface area contributed by atoms with Crippen LogP contribution >= 0.6 is 0 Å². The van der Waals surface area contributed by atoms with Crippen LogP contribution in [-0.2, 0) is 4.79 Å². The number of rotatable bonds is 15. The summed E-state index contributed by atoms with van der Waals surface area (Å²) in [5.41, 5.74) is 0.457. The van der Waals surface area contributed by atoms with E-state index >= 15 is 0 Å². The number of carbonyl (C=O) groups is 1. The Bertz CT molecular complexity index is 325. The highest BCUT2D eigenvalue weighted by atomic mass is 16.4. The quantitative estimate of drug-likeness (QED) is 0.250. The third-order valence-electron chi connectivity index (χ3n) is 5.16. The third kappa shape index (κ3) is 16.1. The van der Waals surface area contributed by atoms with Crippen LogP contribution in [0.2, 0.25) is 0 Å². The van der Waals surface area contributed by atoms with Crippen molar-refractivity contribution in [1.29, 1.82) is 0 Å². The summed E-state index contributed by atoms with van der Waals surface area (Å²) in [6.07, 6.45) is 19.8. The number of carboxylic acids is 1. The van der Waals surface area contributed by atoms with Gasteiger partial charge in [-0.2, -0.15) is 0 Å². The number of carboxylic acid groups (broad SMARTS) is 1. The molecule has 0 bridgehead atoms. The minimum absolute atomic E-state index is 0.328. The van der Waals surface area contributed by atoms with Crippen molar-refractivity contribution >= 4 is 5.97 Å². The molecule has 0 fully saturated rings. The molecule has 0 heterocycles. The zero-order valence-electron chi connectivity index (χ0n) is 16.8. The average Bonchev–Trinajstić information content (AvgIpc) is 2.49. The molecule has 2 nitrogen and oxygen atoms in total. The summed E-state index contributed by atoms with van der Waals surface area (Å²) in [7, 11) is 0. The summed E-state index contributed by atoms with van der Waals surface area (Å²) in [5.74, 6) is 0.156. The van der Waals surface area contributed by atoms with Crippen molar-refractivity contribution in [2.24, 2.45) is 11.3 Å². The van der Waals surface area contributed by atoms with Crippen LogP contribution in [0.4, 0.5) is 0 Å². The molecule has 0 aliphatic rings. The monoisotopic (exact) mass is 338 g/mol. The van der Waals surface area contributed by atoms with Gasteiger partial charge in [0.1, 0.15) is 0 Å². The molecule has 0 aliphatic heterocycles. The van der Waals surface area contributed by atoms with Gasteiger partial charge in [-0.1, -0.05) is 84.8 Å². The van der Waals surface area contributed by atoms with Crippen molar-refractivity contribution in [3.63, 3.8) is 0 Å². The molecule has 0 amide bonds. The van der Waals surface area contributed by atoms with Crippen molar-refractivity contribution in [1.82, 2.24) is 0 Å². The fourth-order valence-electron chi connectivity index (χ4n) is 2.80. The van der Waals surface area contributed by atoms with E-state index in [4.69, 9.17) is 5.11 Å². The molecule has 0 rings (SSSR count). The van der Waals surface area contributed by atoms with Gasteiger partial charge in [-0.05, 0) is 43.4 Å². The molecule has 0 aromatic heterocycles. The highest BCUT2D eigenvalue weighted by Crippen LogP contribution is 2.29. The summed E-state index contributed by atoms with van der Waals surface area (Å²) in [4.78, 5) is 10.4. The molecule has 2 heteroatoms. The third-order valence-corrected chi connectivity index (χ3v) is 5.16. The lowest BCUT2D eigenvalue weighted by Crippen LogP contribution is -2.16. The highest BCUT2D eigenvalue weighted by Gasteiger charge is 2.18. The van der Waals surface area contributed by atoms with Crippen LogP contribution in [0.3, 0.4) is 0 Å². The van der Waals surface area contributed by atoms with Gasteiger partial charge in [0.25, 0.3) is 0 Å². The Balaban J connectivity index is 3.26. The van der Waals surface area contributed by atoms with Crippen LogP contribution in [0, 0.1) is 11.3 Å². The van der Waals surface area contributed by atoms with Gasteiger partial charge in [0.2, 0.25) is 0 Å². The SMILES string of the molecule is CC(CCCCCC/C=C\CCCCCCCC(=O)O)C(C)(C)C. The molecule has 1 N–H and O–H groups in total. The van der Waals surface area contributed by atoms with Gasteiger partial charge in [-0.3, -0.25) is 4.79 Å². The molecule has 1 atom stereocenters. The second-order valence-corrected chi connectivity index (χ2v) is 8.43. The van der Waals surface area contributed by atoms with Gasteiger partial charge in [0.05, 0.1) is 0 Å². The molecule has 1 unspecified atom stereocenters. The van der Waals surface area contributed by atoms with Crippen LogP contribution in [0.15, 0.2) is 12.2 Å². The molecule has 142 valence electrons. The van der Waals surface area contributed by atoms with E-state index in [-0.39, 0.29) is 0 Å². The fourth-order valence-corrected chi connectivity index (χ4v) is 2.80. The van der Waals surface area contributed by atoms with Crippen LogP contribution in [0.25, 0.3) is 0 Å². The van der Waals surface area contributed by atoms with E-state index < -0.39 is 5.97 Å². The van der Waals surface area contributed by atoms with E-state index in [1.54, 1.807) is 0 Å². The first-order valence-electron chi connectivity index (χ1n) is 10.2. The average molecular weight is 339 g/mol. The maximum Gasteiger partial charge on any atom is 0.303 e. The lowest BCUT2D eigenvalue weighted by molar-refractivity contribution is -0.137. The Morgan fingerprint density at radius 3 is 1.79 bits per heavy atom. The second-order valence-electron chi connectivity index (χ2n) is 8.43. The van der Waals surface area contributed by atoms with E-state index in [1.807, 2.05) is 0 Å². The maximum atomic E-state index is 10.4. The van der Waals surface area contributed by atoms with Crippen LogP contribution in [0.5, 0.6) is 0 Å². The first-order chi connectivity index (χ1) is 11.3. The minimum atomic E-state index is -0.665. The fraction of sp³-hybridized carbons (Fsp3) is 0.864.